The van der Waals surface area contributed by atoms with E-state index >= 15 is 0 Å². The lowest BCUT2D eigenvalue weighted by atomic mass is 10.2. The van der Waals surface area contributed by atoms with Crippen LogP contribution in [0.25, 0.3) is 0 Å². The SMILES string of the molecule is Fc1ccc(NC(=S)NN2CCCCC2)cc1. The summed E-state index contributed by atoms with van der Waals surface area (Å²) in [5.41, 5.74) is 3.93. The number of halogens is 1. The lowest BCUT2D eigenvalue weighted by Gasteiger charge is -2.28. The fourth-order valence-electron chi connectivity index (χ4n) is 1.84. The van der Waals surface area contributed by atoms with Gasteiger partial charge >= 0.3 is 0 Å². The fraction of sp³-hybridized carbons (Fsp3) is 0.417. The van der Waals surface area contributed by atoms with Gasteiger partial charge < -0.3 is 5.32 Å². The number of hydrogen-bond donors (Lipinski definition) is 2. The molecule has 1 heterocycles. The van der Waals surface area contributed by atoms with Gasteiger partial charge in [-0.2, -0.15) is 0 Å². The largest absolute Gasteiger partial charge is 0.332 e. The van der Waals surface area contributed by atoms with E-state index in [1.807, 2.05) is 0 Å². The summed E-state index contributed by atoms with van der Waals surface area (Å²) in [4.78, 5) is 0. The first kappa shape index (κ1) is 12.3. The van der Waals surface area contributed by atoms with Crippen LogP contribution in [0, 0.1) is 5.82 Å². The molecule has 3 nitrogen and oxygen atoms in total. The maximum atomic E-state index is 12.7. The quantitative estimate of drug-likeness (QED) is 0.792. The second-order valence-corrected chi connectivity index (χ2v) is 4.53. The molecular formula is C12H16FN3S. The van der Waals surface area contributed by atoms with E-state index < -0.39 is 0 Å². The number of anilines is 1. The average molecular weight is 253 g/mol. The van der Waals surface area contributed by atoms with Gasteiger partial charge in [0.1, 0.15) is 5.82 Å². The summed E-state index contributed by atoms with van der Waals surface area (Å²) in [5, 5.41) is 5.70. The Morgan fingerprint density at radius 3 is 2.41 bits per heavy atom. The first-order valence-corrected chi connectivity index (χ1v) is 6.23. The third-order valence-electron chi connectivity index (χ3n) is 2.72. The Kier molecular flexibility index (Phi) is 4.28. The molecule has 0 spiro atoms. The highest BCUT2D eigenvalue weighted by Gasteiger charge is 2.10. The zero-order chi connectivity index (χ0) is 12.1. The van der Waals surface area contributed by atoms with Crippen molar-refractivity contribution in [1.29, 1.82) is 0 Å². The van der Waals surface area contributed by atoms with Crippen molar-refractivity contribution in [2.24, 2.45) is 0 Å². The highest BCUT2D eigenvalue weighted by molar-refractivity contribution is 7.80. The van der Waals surface area contributed by atoms with Crippen molar-refractivity contribution >= 4 is 23.0 Å². The summed E-state index contributed by atoms with van der Waals surface area (Å²) in [6.45, 7) is 2.04. The minimum atomic E-state index is -0.245. The molecule has 5 heteroatoms. The van der Waals surface area contributed by atoms with Crippen LogP contribution in [0.15, 0.2) is 24.3 Å². The molecule has 0 aromatic heterocycles. The molecule has 1 fully saturated rings. The number of hydrogen-bond acceptors (Lipinski definition) is 2. The van der Waals surface area contributed by atoms with E-state index in [1.165, 1.54) is 31.4 Å². The van der Waals surface area contributed by atoms with Crippen molar-refractivity contribution in [3.05, 3.63) is 30.1 Å². The van der Waals surface area contributed by atoms with Crippen molar-refractivity contribution in [2.45, 2.75) is 19.3 Å². The smallest absolute Gasteiger partial charge is 0.185 e. The number of hydrazine groups is 1. The van der Waals surface area contributed by atoms with Crippen molar-refractivity contribution in [3.63, 3.8) is 0 Å². The minimum Gasteiger partial charge on any atom is -0.332 e. The van der Waals surface area contributed by atoms with Crippen LogP contribution in [0.4, 0.5) is 10.1 Å². The Hall–Kier alpha value is -1.20. The monoisotopic (exact) mass is 253 g/mol. The third-order valence-corrected chi connectivity index (χ3v) is 2.91. The topological polar surface area (TPSA) is 27.3 Å². The van der Waals surface area contributed by atoms with Gasteiger partial charge in [-0.3, -0.25) is 5.43 Å². The molecule has 0 atom stereocenters. The Balaban J connectivity index is 1.82. The maximum absolute atomic E-state index is 12.7. The molecule has 92 valence electrons. The third kappa shape index (κ3) is 3.94. The van der Waals surface area contributed by atoms with E-state index in [9.17, 15) is 4.39 Å². The van der Waals surface area contributed by atoms with E-state index in [2.05, 4.69) is 15.8 Å². The van der Waals surface area contributed by atoms with Gasteiger partial charge in [0.25, 0.3) is 0 Å². The first-order valence-electron chi connectivity index (χ1n) is 5.82. The maximum Gasteiger partial charge on any atom is 0.185 e. The molecule has 2 rings (SSSR count). The number of nitrogens with zero attached hydrogens (tertiary/aromatic N) is 1. The highest BCUT2D eigenvalue weighted by atomic mass is 32.1. The molecule has 0 aliphatic carbocycles. The fourth-order valence-corrected chi connectivity index (χ4v) is 2.09. The van der Waals surface area contributed by atoms with E-state index in [-0.39, 0.29) is 5.82 Å². The zero-order valence-electron chi connectivity index (χ0n) is 9.58. The van der Waals surface area contributed by atoms with E-state index in [1.54, 1.807) is 12.1 Å². The lowest BCUT2D eigenvalue weighted by Crippen LogP contribution is -2.46. The standard InChI is InChI=1S/C12H16FN3S/c13-10-4-6-11(7-5-10)14-12(17)15-16-8-2-1-3-9-16/h4-7H,1-3,8-9H2,(H2,14,15,17). The van der Waals surface area contributed by atoms with Crippen LogP contribution in [-0.4, -0.2) is 23.2 Å². The van der Waals surface area contributed by atoms with Gasteiger partial charge in [-0.05, 0) is 49.3 Å². The van der Waals surface area contributed by atoms with E-state index in [0.717, 1.165) is 18.8 Å². The van der Waals surface area contributed by atoms with Crippen LogP contribution in [0.3, 0.4) is 0 Å². The van der Waals surface area contributed by atoms with Crippen LogP contribution in [0.5, 0.6) is 0 Å². The van der Waals surface area contributed by atoms with Crippen LogP contribution in [-0.2, 0) is 0 Å². The number of nitrogens with one attached hydrogen (secondary N) is 2. The van der Waals surface area contributed by atoms with Gasteiger partial charge in [-0.15, -0.1) is 0 Å². The number of thiocarbonyl (C=S) groups is 1. The summed E-state index contributed by atoms with van der Waals surface area (Å²) in [7, 11) is 0. The summed E-state index contributed by atoms with van der Waals surface area (Å²) in [6, 6.07) is 6.15. The van der Waals surface area contributed by atoms with Crippen LogP contribution in [0.2, 0.25) is 0 Å². The summed E-state index contributed by atoms with van der Waals surface area (Å²) in [6.07, 6.45) is 3.69. The molecule has 0 amide bonds. The van der Waals surface area contributed by atoms with Crippen molar-refractivity contribution in [2.75, 3.05) is 18.4 Å². The van der Waals surface area contributed by atoms with Gasteiger partial charge in [0, 0.05) is 18.8 Å². The van der Waals surface area contributed by atoms with Gasteiger partial charge in [-0.25, -0.2) is 9.40 Å². The normalized spacial score (nSPS) is 16.5. The Labute approximate surface area is 106 Å². The molecule has 1 aromatic carbocycles. The molecule has 1 saturated heterocycles. The Morgan fingerprint density at radius 2 is 1.76 bits per heavy atom. The minimum absolute atomic E-state index is 0.245. The Bertz CT molecular complexity index is 374. The predicted octanol–water partition coefficient (Wildman–Crippen LogP) is 2.51. The van der Waals surface area contributed by atoms with Gasteiger partial charge in [-0.1, -0.05) is 6.42 Å². The molecular weight excluding hydrogens is 237 g/mol. The molecule has 0 bridgehead atoms. The predicted molar refractivity (Wildman–Crippen MR) is 71.2 cm³/mol. The van der Waals surface area contributed by atoms with Crippen LogP contribution in [0.1, 0.15) is 19.3 Å². The van der Waals surface area contributed by atoms with Gasteiger partial charge in [0.05, 0.1) is 0 Å². The molecule has 0 saturated carbocycles. The highest BCUT2D eigenvalue weighted by Crippen LogP contribution is 2.09. The van der Waals surface area contributed by atoms with Crippen LogP contribution >= 0.6 is 12.2 Å². The van der Waals surface area contributed by atoms with Gasteiger partial charge in [0.2, 0.25) is 0 Å². The second-order valence-electron chi connectivity index (χ2n) is 4.12. The van der Waals surface area contributed by atoms with Crippen molar-refractivity contribution in [1.82, 2.24) is 10.4 Å². The summed E-state index contributed by atoms with van der Waals surface area (Å²) >= 11 is 5.19. The van der Waals surface area contributed by atoms with E-state index in [4.69, 9.17) is 12.2 Å². The van der Waals surface area contributed by atoms with Crippen LogP contribution < -0.4 is 10.7 Å². The molecule has 2 N–H and O–H groups in total. The number of piperidine rings is 1. The van der Waals surface area contributed by atoms with E-state index in [0.29, 0.717) is 5.11 Å². The van der Waals surface area contributed by atoms with Crippen molar-refractivity contribution in [3.8, 4) is 0 Å². The average Bonchev–Trinajstić information content (AvgIpc) is 2.33. The second kappa shape index (κ2) is 5.93. The molecule has 1 aromatic rings. The number of rotatable bonds is 2. The lowest BCUT2D eigenvalue weighted by molar-refractivity contribution is 0.196. The zero-order valence-corrected chi connectivity index (χ0v) is 10.4. The first-order chi connectivity index (χ1) is 8.24. The summed E-state index contributed by atoms with van der Waals surface area (Å²) < 4.78 is 12.7. The van der Waals surface area contributed by atoms with Gasteiger partial charge in [0.15, 0.2) is 5.11 Å². The molecule has 0 radical (unpaired) electrons. The molecule has 1 aliphatic rings. The molecule has 0 unspecified atom stereocenters. The molecule has 17 heavy (non-hydrogen) atoms. The Morgan fingerprint density at radius 1 is 1.12 bits per heavy atom. The summed E-state index contributed by atoms with van der Waals surface area (Å²) in [5.74, 6) is -0.245. The number of benzene rings is 1. The molecule has 1 aliphatic heterocycles. The van der Waals surface area contributed by atoms with Crippen molar-refractivity contribution < 1.29 is 4.39 Å².